The lowest BCUT2D eigenvalue weighted by atomic mass is 9.91. The van der Waals surface area contributed by atoms with Crippen LogP contribution < -0.4 is 0 Å². The van der Waals surface area contributed by atoms with Crippen LogP contribution in [0.2, 0.25) is 0 Å². The highest BCUT2D eigenvalue weighted by Crippen LogP contribution is 2.31. The molecule has 1 aliphatic carbocycles. The third-order valence-electron chi connectivity index (χ3n) is 3.44. The number of carbonyl (C=O) groups is 1. The number of allylic oxidation sites excluding steroid dienone is 7. The van der Waals surface area contributed by atoms with E-state index in [1.165, 1.54) is 0 Å². The summed E-state index contributed by atoms with van der Waals surface area (Å²) >= 11 is 0. The Labute approximate surface area is 122 Å². The van der Waals surface area contributed by atoms with Crippen molar-refractivity contribution in [2.24, 2.45) is 0 Å². The Hall–Kier alpha value is -1.73. The topological polar surface area (TPSA) is 107 Å². The predicted octanol–water partition coefficient (Wildman–Crippen LogP) is 0.269. The fraction of sp³-hybridized carbons (Fsp3) is 0.400. The Balaban J connectivity index is 2.15. The first-order chi connectivity index (χ1) is 9.92. The normalized spacial score (nSPS) is 43.0. The van der Waals surface area contributed by atoms with Gasteiger partial charge < -0.3 is 25.2 Å². The van der Waals surface area contributed by atoms with Gasteiger partial charge in [-0.15, -0.1) is 0 Å². The number of aliphatic hydroxyl groups is 3. The van der Waals surface area contributed by atoms with Crippen molar-refractivity contribution in [2.45, 2.75) is 36.9 Å². The molecule has 2 rings (SSSR count). The Morgan fingerprint density at radius 2 is 1.90 bits per heavy atom. The van der Waals surface area contributed by atoms with Gasteiger partial charge in [-0.25, -0.2) is 4.79 Å². The summed E-state index contributed by atoms with van der Waals surface area (Å²) in [5, 5.41) is 38.6. The highest BCUT2D eigenvalue weighted by atomic mass is 16.7. The molecule has 2 aliphatic rings. The fourth-order valence-electron chi connectivity index (χ4n) is 2.30. The van der Waals surface area contributed by atoms with Crippen LogP contribution in [0.1, 0.15) is 12.8 Å². The number of carboxylic acid groups (broad SMARTS) is 1. The van der Waals surface area contributed by atoms with E-state index in [9.17, 15) is 20.1 Å². The van der Waals surface area contributed by atoms with Crippen LogP contribution in [0, 0.1) is 0 Å². The lowest BCUT2D eigenvalue weighted by Crippen LogP contribution is -2.58. The predicted molar refractivity (Wildman–Crippen MR) is 74.2 cm³/mol. The summed E-state index contributed by atoms with van der Waals surface area (Å²) in [7, 11) is 0. The molecule has 1 aliphatic heterocycles. The van der Waals surface area contributed by atoms with E-state index in [2.05, 4.69) is 0 Å². The highest BCUT2D eigenvalue weighted by Gasteiger charge is 2.50. The zero-order valence-electron chi connectivity index (χ0n) is 11.3. The summed E-state index contributed by atoms with van der Waals surface area (Å²) in [6.45, 7) is 0. The summed E-state index contributed by atoms with van der Waals surface area (Å²) in [5.74, 6) is -4.06. The quantitative estimate of drug-likeness (QED) is 0.595. The lowest BCUT2D eigenvalue weighted by molar-refractivity contribution is -0.293. The van der Waals surface area contributed by atoms with Gasteiger partial charge in [-0.1, -0.05) is 42.5 Å². The third kappa shape index (κ3) is 3.68. The largest absolute Gasteiger partial charge is 0.477 e. The van der Waals surface area contributed by atoms with Crippen LogP contribution in [0.5, 0.6) is 0 Å². The number of aliphatic carboxylic acids is 1. The number of ether oxygens (including phenoxy) is 1. The molecule has 1 saturated heterocycles. The molecule has 4 N–H and O–H groups in total. The van der Waals surface area contributed by atoms with E-state index in [1.54, 1.807) is 24.3 Å². The minimum atomic E-state index is -2.48. The van der Waals surface area contributed by atoms with E-state index < -0.39 is 36.5 Å². The molecule has 4 atom stereocenters. The monoisotopic (exact) mass is 294 g/mol. The first-order valence-electron chi connectivity index (χ1n) is 6.63. The molecule has 0 radical (unpaired) electrons. The Kier molecular flexibility index (Phi) is 4.74. The van der Waals surface area contributed by atoms with E-state index in [-0.39, 0.29) is 6.42 Å². The second kappa shape index (κ2) is 6.36. The molecule has 6 heteroatoms. The van der Waals surface area contributed by atoms with Crippen LogP contribution in [0.4, 0.5) is 0 Å². The van der Waals surface area contributed by atoms with Crippen LogP contribution in [-0.2, 0) is 9.53 Å². The van der Waals surface area contributed by atoms with Crippen LogP contribution in [0.15, 0.2) is 48.1 Å². The first kappa shape index (κ1) is 15.7. The molecular formula is C15H18O6. The Bertz CT molecular complexity index is 518. The van der Waals surface area contributed by atoms with Gasteiger partial charge in [-0.05, 0) is 5.57 Å². The molecular weight excluding hydrogens is 276 g/mol. The Morgan fingerprint density at radius 1 is 1.24 bits per heavy atom. The van der Waals surface area contributed by atoms with Crippen molar-refractivity contribution in [3.8, 4) is 0 Å². The van der Waals surface area contributed by atoms with Gasteiger partial charge in [0.2, 0.25) is 0 Å². The van der Waals surface area contributed by atoms with Crippen molar-refractivity contribution < 1.29 is 30.0 Å². The number of hydrogen-bond acceptors (Lipinski definition) is 5. The second-order valence-electron chi connectivity index (χ2n) is 5.08. The molecule has 114 valence electrons. The maximum atomic E-state index is 11.0. The van der Waals surface area contributed by atoms with E-state index in [4.69, 9.17) is 9.84 Å². The smallest absolute Gasteiger partial charge is 0.364 e. The number of rotatable bonds is 3. The van der Waals surface area contributed by atoms with Gasteiger partial charge in [0.25, 0.3) is 5.79 Å². The first-order valence-corrected chi connectivity index (χ1v) is 6.63. The molecule has 0 bridgehead atoms. The van der Waals surface area contributed by atoms with Crippen molar-refractivity contribution in [3.05, 3.63) is 48.1 Å². The van der Waals surface area contributed by atoms with Crippen molar-refractivity contribution in [1.82, 2.24) is 0 Å². The molecule has 6 nitrogen and oxygen atoms in total. The maximum absolute atomic E-state index is 11.0. The van der Waals surface area contributed by atoms with Gasteiger partial charge in [0.05, 0.1) is 12.2 Å². The van der Waals surface area contributed by atoms with E-state index >= 15 is 0 Å². The van der Waals surface area contributed by atoms with Crippen LogP contribution >= 0.6 is 0 Å². The SMILES string of the molecule is O=C(O)C1(O)C[C@@H](O)[C@H](O)C(CC2=C/C=C\C=C/C=C\2)O1. The lowest BCUT2D eigenvalue weighted by Gasteiger charge is -2.40. The van der Waals surface area contributed by atoms with Crippen molar-refractivity contribution in [2.75, 3.05) is 0 Å². The molecule has 0 spiro atoms. The molecule has 2 unspecified atom stereocenters. The van der Waals surface area contributed by atoms with E-state index in [0.717, 1.165) is 5.57 Å². The van der Waals surface area contributed by atoms with Crippen LogP contribution in [0.3, 0.4) is 0 Å². The summed E-state index contributed by atoms with van der Waals surface area (Å²) in [6, 6.07) is 0. The van der Waals surface area contributed by atoms with Gasteiger partial charge in [-0.3, -0.25) is 0 Å². The Morgan fingerprint density at radius 3 is 2.62 bits per heavy atom. The van der Waals surface area contributed by atoms with Gasteiger partial charge in [0.15, 0.2) is 0 Å². The molecule has 21 heavy (non-hydrogen) atoms. The van der Waals surface area contributed by atoms with E-state index in [0.29, 0.717) is 0 Å². The number of aliphatic hydroxyl groups excluding tert-OH is 2. The zero-order chi connectivity index (χ0) is 15.5. The minimum Gasteiger partial charge on any atom is -0.477 e. The number of hydrogen-bond donors (Lipinski definition) is 4. The third-order valence-corrected chi connectivity index (χ3v) is 3.44. The summed E-state index contributed by atoms with van der Waals surface area (Å²) in [6.07, 6.45) is 8.63. The molecule has 1 fully saturated rings. The summed E-state index contributed by atoms with van der Waals surface area (Å²) in [4.78, 5) is 11.0. The van der Waals surface area contributed by atoms with Gasteiger partial charge >= 0.3 is 5.97 Å². The standard InChI is InChI=1S/C15H18O6/c16-11-9-15(20,14(18)19)21-12(13(11)17)8-10-6-4-2-1-3-5-7-10/h1-7,11-13,16-17,20H,8-9H2,(H,18,19)/b2-1-,3-1?,4-2?,5-3-,6-4-,7-5?,10-6?,10-7+/t11-,12?,13+,15?/m1/s1. The number of carboxylic acids is 1. The molecule has 0 aromatic rings. The van der Waals surface area contributed by atoms with Crippen LogP contribution in [0.25, 0.3) is 0 Å². The zero-order valence-corrected chi connectivity index (χ0v) is 11.3. The van der Waals surface area contributed by atoms with Crippen molar-refractivity contribution >= 4 is 5.97 Å². The average Bonchev–Trinajstić information content (AvgIpc) is 2.38. The molecule has 0 aromatic heterocycles. The fourth-order valence-corrected chi connectivity index (χ4v) is 2.30. The van der Waals surface area contributed by atoms with Crippen molar-refractivity contribution in [1.29, 1.82) is 0 Å². The minimum absolute atomic E-state index is 0.169. The average molecular weight is 294 g/mol. The van der Waals surface area contributed by atoms with Gasteiger partial charge in [0, 0.05) is 12.8 Å². The van der Waals surface area contributed by atoms with Crippen LogP contribution in [-0.4, -0.2) is 50.5 Å². The summed E-state index contributed by atoms with van der Waals surface area (Å²) in [5.41, 5.74) is 0.779. The maximum Gasteiger partial charge on any atom is 0.364 e. The second-order valence-corrected chi connectivity index (χ2v) is 5.08. The highest BCUT2D eigenvalue weighted by molar-refractivity contribution is 5.75. The molecule has 0 amide bonds. The molecule has 1 heterocycles. The van der Waals surface area contributed by atoms with Gasteiger partial charge in [-0.2, -0.15) is 0 Å². The molecule has 0 aromatic carbocycles. The van der Waals surface area contributed by atoms with E-state index in [1.807, 2.05) is 18.2 Å². The van der Waals surface area contributed by atoms with Gasteiger partial charge in [0.1, 0.15) is 6.10 Å². The molecule has 0 saturated carbocycles. The summed E-state index contributed by atoms with van der Waals surface area (Å²) < 4.78 is 5.12. The van der Waals surface area contributed by atoms with Crippen molar-refractivity contribution in [3.63, 3.8) is 0 Å².